The number of aliphatic hydroxyl groups is 2. The van der Waals surface area contributed by atoms with Crippen LogP contribution in [0, 0.1) is 23.7 Å². The number of hydrogen-bond acceptors (Lipinski definition) is 2. The van der Waals surface area contributed by atoms with Crippen LogP contribution in [0.4, 0.5) is 0 Å². The molecule has 0 aliphatic rings. The van der Waals surface area contributed by atoms with Crippen molar-refractivity contribution in [1.29, 1.82) is 0 Å². The van der Waals surface area contributed by atoms with Crippen LogP contribution in [0.25, 0.3) is 0 Å². The molecule has 0 amide bonds. The summed E-state index contributed by atoms with van der Waals surface area (Å²) in [5, 5.41) is 16.6. The third kappa shape index (κ3) is 9.04. The van der Waals surface area contributed by atoms with Crippen LogP contribution < -0.4 is 0 Å². The van der Waals surface area contributed by atoms with Gasteiger partial charge in [-0.3, -0.25) is 0 Å². The fraction of sp³-hybridized carbons (Fsp3) is 0.556. The zero-order chi connectivity index (χ0) is 8.36. The van der Waals surface area contributed by atoms with Crippen LogP contribution >= 0.6 is 0 Å². The molecule has 0 aromatic rings. The van der Waals surface area contributed by atoms with Gasteiger partial charge in [0.15, 0.2) is 0 Å². The summed E-state index contributed by atoms with van der Waals surface area (Å²) in [6, 6.07) is 0. The van der Waals surface area contributed by atoms with Gasteiger partial charge >= 0.3 is 0 Å². The van der Waals surface area contributed by atoms with Gasteiger partial charge in [-0.05, 0) is 6.42 Å². The lowest BCUT2D eigenvalue weighted by Gasteiger charge is -1.82. The highest BCUT2D eigenvalue weighted by molar-refractivity contribution is 5.11. The Morgan fingerprint density at radius 2 is 1.64 bits per heavy atom. The summed E-state index contributed by atoms with van der Waals surface area (Å²) in [5.41, 5.74) is 0. The SMILES string of the molecule is OCC#CCC#CCCCO. The quantitative estimate of drug-likeness (QED) is 0.436. The van der Waals surface area contributed by atoms with Crippen LogP contribution in [-0.2, 0) is 0 Å². The van der Waals surface area contributed by atoms with Crippen molar-refractivity contribution in [2.45, 2.75) is 19.3 Å². The summed E-state index contributed by atoms with van der Waals surface area (Å²) in [4.78, 5) is 0. The highest BCUT2D eigenvalue weighted by Gasteiger charge is 1.75. The first kappa shape index (κ1) is 10.0. The van der Waals surface area contributed by atoms with E-state index in [-0.39, 0.29) is 13.2 Å². The molecule has 0 unspecified atom stereocenters. The van der Waals surface area contributed by atoms with E-state index in [1.165, 1.54) is 0 Å². The Bertz CT molecular complexity index is 187. The second kappa shape index (κ2) is 9.04. The van der Waals surface area contributed by atoms with E-state index in [9.17, 15) is 0 Å². The highest BCUT2D eigenvalue weighted by atomic mass is 16.3. The summed E-state index contributed by atoms with van der Waals surface area (Å²) in [7, 11) is 0. The van der Waals surface area contributed by atoms with Crippen molar-refractivity contribution in [2.75, 3.05) is 13.2 Å². The van der Waals surface area contributed by atoms with Crippen LogP contribution in [0.2, 0.25) is 0 Å². The molecule has 0 rings (SSSR count). The van der Waals surface area contributed by atoms with Gasteiger partial charge in [0.1, 0.15) is 6.61 Å². The van der Waals surface area contributed by atoms with Gasteiger partial charge in [0.2, 0.25) is 0 Å². The average Bonchev–Trinajstić information content (AvgIpc) is 2.03. The first-order valence-corrected chi connectivity index (χ1v) is 3.55. The van der Waals surface area contributed by atoms with Crippen LogP contribution in [-0.4, -0.2) is 23.4 Å². The Morgan fingerprint density at radius 1 is 0.909 bits per heavy atom. The molecule has 0 fully saturated rings. The minimum Gasteiger partial charge on any atom is -0.396 e. The van der Waals surface area contributed by atoms with E-state index < -0.39 is 0 Å². The topological polar surface area (TPSA) is 40.5 Å². The average molecular weight is 152 g/mol. The molecule has 2 nitrogen and oxygen atoms in total. The van der Waals surface area contributed by atoms with E-state index in [2.05, 4.69) is 23.7 Å². The molecule has 60 valence electrons. The zero-order valence-corrected chi connectivity index (χ0v) is 6.43. The smallest absolute Gasteiger partial charge is 0.104 e. The molecule has 0 heterocycles. The fourth-order valence-corrected chi connectivity index (χ4v) is 0.481. The fourth-order valence-electron chi connectivity index (χ4n) is 0.481. The summed E-state index contributed by atoms with van der Waals surface area (Å²) in [6.07, 6.45) is 1.95. The number of rotatable bonds is 2. The molecule has 0 bridgehead atoms. The molecule has 2 heteroatoms. The van der Waals surface area contributed by atoms with Gasteiger partial charge in [-0.25, -0.2) is 0 Å². The zero-order valence-electron chi connectivity index (χ0n) is 6.43. The second-order valence-corrected chi connectivity index (χ2v) is 1.87. The predicted molar refractivity (Wildman–Crippen MR) is 43.6 cm³/mol. The molecule has 0 aliphatic heterocycles. The molecular formula is C9H12O2. The molecule has 11 heavy (non-hydrogen) atoms. The molecule has 0 radical (unpaired) electrons. The van der Waals surface area contributed by atoms with Crippen molar-refractivity contribution in [1.82, 2.24) is 0 Å². The van der Waals surface area contributed by atoms with Crippen molar-refractivity contribution in [3.8, 4) is 23.7 Å². The Balaban J connectivity index is 3.25. The first-order chi connectivity index (χ1) is 5.41. The third-order valence-corrected chi connectivity index (χ3v) is 0.966. The Hall–Kier alpha value is -0.960. The highest BCUT2D eigenvalue weighted by Crippen LogP contribution is 1.82. The van der Waals surface area contributed by atoms with Gasteiger partial charge in [0.05, 0.1) is 6.42 Å². The minimum absolute atomic E-state index is 0.0989. The molecule has 2 N–H and O–H groups in total. The van der Waals surface area contributed by atoms with Gasteiger partial charge < -0.3 is 10.2 Å². The van der Waals surface area contributed by atoms with Crippen molar-refractivity contribution >= 4 is 0 Å². The largest absolute Gasteiger partial charge is 0.396 e. The number of unbranched alkanes of at least 4 members (excludes halogenated alkanes) is 1. The molecule has 0 aromatic heterocycles. The third-order valence-electron chi connectivity index (χ3n) is 0.966. The molecule has 0 saturated heterocycles. The lowest BCUT2D eigenvalue weighted by atomic mass is 10.3. The van der Waals surface area contributed by atoms with Gasteiger partial charge in [-0.2, -0.15) is 0 Å². The first-order valence-electron chi connectivity index (χ1n) is 3.55. The van der Waals surface area contributed by atoms with Gasteiger partial charge in [-0.1, -0.05) is 17.8 Å². The standard InChI is InChI=1S/C9H12O2/c10-8-6-4-2-1-3-5-7-9-11/h10-11H,2,5,7-9H2. The van der Waals surface area contributed by atoms with Crippen LogP contribution in [0.1, 0.15) is 19.3 Å². The maximum Gasteiger partial charge on any atom is 0.104 e. The van der Waals surface area contributed by atoms with Gasteiger partial charge in [0.25, 0.3) is 0 Å². The summed E-state index contributed by atoms with van der Waals surface area (Å²) >= 11 is 0. The molecule has 0 spiro atoms. The molecular weight excluding hydrogens is 140 g/mol. The normalized spacial score (nSPS) is 7.45. The van der Waals surface area contributed by atoms with E-state index >= 15 is 0 Å². The van der Waals surface area contributed by atoms with Crippen LogP contribution in [0.3, 0.4) is 0 Å². The van der Waals surface area contributed by atoms with Crippen molar-refractivity contribution in [2.24, 2.45) is 0 Å². The summed E-state index contributed by atoms with van der Waals surface area (Å²) in [5.74, 6) is 10.8. The molecule has 0 saturated carbocycles. The van der Waals surface area contributed by atoms with E-state index in [1.54, 1.807) is 0 Å². The van der Waals surface area contributed by atoms with Crippen molar-refractivity contribution in [3.63, 3.8) is 0 Å². The van der Waals surface area contributed by atoms with Gasteiger partial charge in [-0.15, -0.1) is 5.92 Å². The predicted octanol–water partition coefficient (Wildman–Crippen LogP) is 0.148. The van der Waals surface area contributed by atoms with Crippen molar-refractivity contribution < 1.29 is 10.2 Å². The Labute approximate surface area is 67.2 Å². The Kier molecular flexibility index (Phi) is 8.25. The summed E-state index contributed by atoms with van der Waals surface area (Å²) < 4.78 is 0. The molecule has 0 aliphatic carbocycles. The Morgan fingerprint density at radius 3 is 2.27 bits per heavy atom. The number of aliphatic hydroxyl groups excluding tert-OH is 2. The minimum atomic E-state index is -0.0989. The van der Waals surface area contributed by atoms with Crippen LogP contribution in [0.5, 0.6) is 0 Å². The molecule has 0 atom stereocenters. The lowest BCUT2D eigenvalue weighted by molar-refractivity contribution is 0.290. The maximum atomic E-state index is 8.38. The summed E-state index contributed by atoms with van der Waals surface area (Å²) in [6.45, 7) is 0.0926. The van der Waals surface area contributed by atoms with E-state index in [1.807, 2.05) is 0 Å². The monoisotopic (exact) mass is 152 g/mol. The lowest BCUT2D eigenvalue weighted by Crippen LogP contribution is -1.78. The number of hydrogen-bond donors (Lipinski definition) is 2. The second-order valence-electron chi connectivity index (χ2n) is 1.87. The van der Waals surface area contributed by atoms with Gasteiger partial charge in [0, 0.05) is 13.0 Å². The van der Waals surface area contributed by atoms with Crippen LogP contribution in [0.15, 0.2) is 0 Å². The maximum absolute atomic E-state index is 8.38. The van der Waals surface area contributed by atoms with E-state index in [0.29, 0.717) is 6.42 Å². The van der Waals surface area contributed by atoms with E-state index in [0.717, 1.165) is 12.8 Å². The molecule has 0 aromatic carbocycles. The van der Waals surface area contributed by atoms with E-state index in [4.69, 9.17) is 10.2 Å². The van der Waals surface area contributed by atoms with Crippen molar-refractivity contribution in [3.05, 3.63) is 0 Å².